The molecular weight excluding hydrogens is 469 g/mol. The zero-order chi connectivity index (χ0) is 21.3. The van der Waals surface area contributed by atoms with Gasteiger partial charge in [-0.3, -0.25) is 4.79 Å². The van der Waals surface area contributed by atoms with E-state index in [1.807, 2.05) is 0 Å². The molecule has 162 valence electrons. The predicted molar refractivity (Wildman–Crippen MR) is 120 cm³/mol. The Kier molecular flexibility index (Phi) is 6.57. The van der Waals surface area contributed by atoms with Crippen LogP contribution in [0.1, 0.15) is 23.2 Å². The molecule has 3 heterocycles. The Balaban J connectivity index is 1.69. The maximum atomic E-state index is 13.1. The van der Waals surface area contributed by atoms with Gasteiger partial charge in [0, 0.05) is 26.2 Å². The minimum atomic E-state index is -3.69. The molecule has 0 unspecified atom stereocenters. The van der Waals surface area contributed by atoms with Gasteiger partial charge in [0.05, 0.1) is 39.4 Å². The second kappa shape index (κ2) is 9.02. The number of anilines is 2. The average Bonchev–Trinajstić information content (AvgIpc) is 3.38. The van der Waals surface area contributed by atoms with Crippen LogP contribution in [0.4, 0.5) is 11.4 Å². The Morgan fingerprint density at radius 1 is 1.07 bits per heavy atom. The molecule has 2 aliphatic rings. The summed E-state index contributed by atoms with van der Waals surface area (Å²) in [4.78, 5) is 15.1. The van der Waals surface area contributed by atoms with Crippen molar-refractivity contribution in [3.05, 3.63) is 38.5 Å². The van der Waals surface area contributed by atoms with Gasteiger partial charge in [0.15, 0.2) is 0 Å². The summed E-state index contributed by atoms with van der Waals surface area (Å²) in [5, 5.41) is 2.85. The van der Waals surface area contributed by atoms with E-state index in [0.29, 0.717) is 36.3 Å². The third-order valence-electron chi connectivity index (χ3n) is 5.17. The van der Waals surface area contributed by atoms with Gasteiger partial charge in [0.25, 0.3) is 5.91 Å². The van der Waals surface area contributed by atoms with E-state index in [2.05, 4.69) is 10.2 Å². The van der Waals surface area contributed by atoms with Crippen LogP contribution in [0.15, 0.2) is 29.2 Å². The predicted octanol–water partition coefficient (Wildman–Crippen LogP) is 3.93. The number of hydrogen-bond donors (Lipinski definition) is 1. The number of carbonyl (C=O) groups is 1. The number of ether oxygens (including phenoxy) is 1. The van der Waals surface area contributed by atoms with Gasteiger partial charge >= 0.3 is 0 Å². The summed E-state index contributed by atoms with van der Waals surface area (Å²) < 4.78 is 33.6. The maximum Gasteiger partial charge on any atom is 0.258 e. The highest BCUT2D eigenvalue weighted by Crippen LogP contribution is 2.35. The first-order valence-corrected chi connectivity index (χ1v) is 12.6. The fraction of sp³-hybridized carbons (Fsp3) is 0.421. The van der Waals surface area contributed by atoms with Crippen LogP contribution in [0.25, 0.3) is 0 Å². The molecule has 4 rings (SSSR count). The topological polar surface area (TPSA) is 79.0 Å². The van der Waals surface area contributed by atoms with Crippen LogP contribution in [0.3, 0.4) is 0 Å². The summed E-state index contributed by atoms with van der Waals surface area (Å²) in [6.45, 7) is 3.05. The van der Waals surface area contributed by atoms with E-state index in [1.165, 1.54) is 16.4 Å². The highest BCUT2D eigenvalue weighted by Gasteiger charge is 2.28. The Hall–Kier alpha value is -1.36. The van der Waals surface area contributed by atoms with Crippen LogP contribution in [0, 0.1) is 0 Å². The Morgan fingerprint density at radius 2 is 1.77 bits per heavy atom. The lowest BCUT2D eigenvalue weighted by Crippen LogP contribution is -2.40. The molecule has 30 heavy (non-hydrogen) atoms. The van der Waals surface area contributed by atoms with E-state index in [-0.39, 0.29) is 14.8 Å². The third-order valence-corrected chi connectivity index (χ3v) is 8.55. The van der Waals surface area contributed by atoms with Crippen LogP contribution < -0.4 is 10.2 Å². The number of thiophene rings is 1. The molecule has 7 nitrogen and oxygen atoms in total. The SMILES string of the molecule is O=C(Nc1cc(S(=O)(=O)N2CCOCC2)ccc1N1CCCC1)c1cc(Cl)sc1Cl. The summed E-state index contributed by atoms with van der Waals surface area (Å²) in [6, 6.07) is 6.39. The van der Waals surface area contributed by atoms with Gasteiger partial charge in [-0.15, -0.1) is 11.3 Å². The smallest absolute Gasteiger partial charge is 0.258 e. The normalized spacial score (nSPS) is 18.0. The number of amides is 1. The fourth-order valence-corrected chi connectivity index (χ4v) is 6.52. The zero-order valence-electron chi connectivity index (χ0n) is 16.1. The summed E-state index contributed by atoms with van der Waals surface area (Å²) >= 11 is 13.2. The highest BCUT2D eigenvalue weighted by molar-refractivity contribution is 7.89. The Labute approximate surface area is 189 Å². The first-order chi connectivity index (χ1) is 14.4. The molecule has 0 radical (unpaired) electrons. The van der Waals surface area contributed by atoms with E-state index in [0.717, 1.165) is 43.0 Å². The van der Waals surface area contributed by atoms with Gasteiger partial charge in [0.1, 0.15) is 4.34 Å². The van der Waals surface area contributed by atoms with E-state index in [1.54, 1.807) is 12.1 Å². The third kappa shape index (κ3) is 4.46. The molecule has 2 aliphatic heterocycles. The van der Waals surface area contributed by atoms with Gasteiger partial charge in [0.2, 0.25) is 10.0 Å². The molecule has 1 aromatic heterocycles. The molecule has 2 fully saturated rings. The van der Waals surface area contributed by atoms with E-state index < -0.39 is 15.9 Å². The molecule has 2 saturated heterocycles. The number of hydrogen-bond acceptors (Lipinski definition) is 6. The molecule has 0 bridgehead atoms. The molecule has 1 amide bonds. The molecule has 0 atom stereocenters. The molecule has 1 N–H and O–H groups in total. The minimum absolute atomic E-state index is 0.136. The average molecular weight is 490 g/mol. The molecule has 0 aliphatic carbocycles. The van der Waals surface area contributed by atoms with Gasteiger partial charge in [-0.1, -0.05) is 23.2 Å². The van der Waals surface area contributed by atoms with E-state index >= 15 is 0 Å². The number of sulfonamides is 1. The van der Waals surface area contributed by atoms with Gasteiger partial charge < -0.3 is 15.0 Å². The lowest BCUT2D eigenvalue weighted by Gasteiger charge is -2.27. The number of morpholine rings is 1. The number of halogens is 2. The van der Waals surface area contributed by atoms with Gasteiger partial charge in [-0.05, 0) is 37.1 Å². The first kappa shape index (κ1) is 21.9. The van der Waals surface area contributed by atoms with Crippen molar-refractivity contribution in [2.75, 3.05) is 49.6 Å². The molecular formula is C19H21Cl2N3O4S2. The quantitative estimate of drug-likeness (QED) is 0.688. The highest BCUT2D eigenvalue weighted by atomic mass is 35.5. The zero-order valence-corrected chi connectivity index (χ0v) is 19.2. The van der Waals surface area contributed by atoms with Crippen LogP contribution in [0.5, 0.6) is 0 Å². The summed E-state index contributed by atoms with van der Waals surface area (Å²) in [5.74, 6) is -0.426. The van der Waals surface area contributed by atoms with Crippen molar-refractivity contribution in [3.8, 4) is 0 Å². The molecule has 0 spiro atoms. The van der Waals surface area contributed by atoms with Crippen molar-refractivity contribution >= 4 is 61.8 Å². The Bertz CT molecular complexity index is 1050. The van der Waals surface area contributed by atoms with Crippen LogP contribution in [0.2, 0.25) is 8.67 Å². The lowest BCUT2D eigenvalue weighted by atomic mass is 10.2. The van der Waals surface area contributed by atoms with Crippen molar-refractivity contribution in [2.24, 2.45) is 0 Å². The standard InChI is InChI=1S/C19H21Cl2N3O4S2/c20-17-12-14(18(21)29-17)19(25)22-15-11-13(3-4-16(15)23-5-1-2-6-23)30(26,27)24-7-9-28-10-8-24/h3-4,11-12H,1-2,5-10H2,(H,22,25). The molecule has 1 aromatic carbocycles. The van der Waals surface area contributed by atoms with E-state index in [9.17, 15) is 13.2 Å². The summed E-state index contributed by atoms with van der Waals surface area (Å²) in [5.41, 5.74) is 1.49. The first-order valence-electron chi connectivity index (χ1n) is 9.59. The van der Waals surface area contributed by atoms with Crippen molar-refractivity contribution < 1.29 is 17.9 Å². The van der Waals surface area contributed by atoms with Gasteiger partial charge in [-0.2, -0.15) is 4.31 Å². The number of benzene rings is 1. The number of carbonyl (C=O) groups excluding carboxylic acids is 1. The van der Waals surface area contributed by atoms with Crippen molar-refractivity contribution in [2.45, 2.75) is 17.7 Å². The second-order valence-electron chi connectivity index (χ2n) is 7.08. The maximum absolute atomic E-state index is 13.1. The second-order valence-corrected chi connectivity index (χ2v) is 11.3. The van der Waals surface area contributed by atoms with Crippen LogP contribution in [-0.4, -0.2) is 58.0 Å². The number of nitrogens with one attached hydrogen (secondary N) is 1. The van der Waals surface area contributed by atoms with Gasteiger partial charge in [-0.25, -0.2) is 8.42 Å². The van der Waals surface area contributed by atoms with Crippen LogP contribution >= 0.6 is 34.5 Å². The number of nitrogens with zero attached hydrogens (tertiary/aromatic N) is 2. The summed E-state index contributed by atoms with van der Waals surface area (Å²) in [7, 11) is -3.69. The summed E-state index contributed by atoms with van der Waals surface area (Å²) in [6.07, 6.45) is 2.10. The van der Waals surface area contributed by atoms with E-state index in [4.69, 9.17) is 27.9 Å². The monoisotopic (exact) mass is 489 g/mol. The minimum Gasteiger partial charge on any atom is -0.379 e. The molecule has 11 heteroatoms. The van der Waals surface area contributed by atoms with Crippen molar-refractivity contribution in [3.63, 3.8) is 0 Å². The van der Waals surface area contributed by atoms with Crippen LogP contribution in [-0.2, 0) is 14.8 Å². The lowest BCUT2D eigenvalue weighted by molar-refractivity contribution is 0.0730. The number of rotatable bonds is 5. The largest absolute Gasteiger partial charge is 0.379 e. The molecule has 2 aromatic rings. The van der Waals surface area contributed by atoms with Crippen molar-refractivity contribution in [1.82, 2.24) is 4.31 Å². The molecule has 0 saturated carbocycles. The Morgan fingerprint density at radius 3 is 2.40 bits per heavy atom. The fourth-order valence-electron chi connectivity index (χ4n) is 3.63. The van der Waals surface area contributed by atoms with Crippen molar-refractivity contribution in [1.29, 1.82) is 0 Å².